The predicted octanol–water partition coefficient (Wildman–Crippen LogP) is 2.21. The largest absolute Gasteiger partial charge is 0.428 e. The molecule has 94 valence electrons. The number of benzene rings is 1. The van der Waals surface area contributed by atoms with E-state index in [4.69, 9.17) is 4.84 Å². The average molecular weight is 236 g/mol. The van der Waals surface area contributed by atoms with Gasteiger partial charge in [0.15, 0.2) is 0 Å². The lowest BCUT2D eigenvalue weighted by Gasteiger charge is -2.17. The lowest BCUT2D eigenvalue weighted by Crippen LogP contribution is -2.35. The van der Waals surface area contributed by atoms with E-state index < -0.39 is 0 Å². The molecule has 0 aromatic heterocycles. The molecule has 0 saturated carbocycles. The topological polar surface area (TPSA) is 41.6 Å². The molecule has 0 unspecified atom stereocenters. The Labute approximate surface area is 103 Å². The molecule has 0 saturated heterocycles. The molecule has 4 nitrogen and oxygen atoms in total. The van der Waals surface area contributed by atoms with Gasteiger partial charge < -0.3 is 9.74 Å². The van der Waals surface area contributed by atoms with Crippen molar-refractivity contribution in [1.82, 2.24) is 10.4 Å². The maximum atomic E-state index is 11.5. The van der Waals surface area contributed by atoms with E-state index >= 15 is 0 Å². The van der Waals surface area contributed by atoms with Gasteiger partial charge in [0.05, 0.1) is 0 Å². The first-order valence-electron chi connectivity index (χ1n) is 6.00. The Kier molecular flexibility index (Phi) is 6.10. The molecule has 0 bridgehead atoms. The molecular weight excluding hydrogens is 216 g/mol. The molecule has 1 N–H and O–H groups in total. The Morgan fingerprint density at radius 3 is 2.47 bits per heavy atom. The van der Waals surface area contributed by atoms with E-state index in [9.17, 15) is 4.79 Å². The minimum Gasteiger partial charge on any atom is -0.354 e. The second kappa shape index (κ2) is 7.68. The van der Waals surface area contributed by atoms with Gasteiger partial charge in [-0.2, -0.15) is 5.48 Å². The molecule has 0 fully saturated rings. The van der Waals surface area contributed by atoms with Gasteiger partial charge in [-0.15, -0.1) is 0 Å². The van der Waals surface area contributed by atoms with Crippen LogP contribution in [0.4, 0.5) is 4.79 Å². The van der Waals surface area contributed by atoms with Crippen molar-refractivity contribution in [1.29, 1.82) is 0 Å². The van der Waals surface area contributed by atoms with Gasteiger partial charge in [0.2, 0.25) is 0 Å². The zero-order valence-electron chi connectivity index (χ0n) is 10.5. The molecule has 0 radical (unpaired) electrons. The predicted molar refractivity (Wildman–Crippen MR) is 67.6 cm³/mol. The highest BCUT2D eigenvalue weighted by atomic mass is 16.7. The third-order valence-corrected chi connectivity index (χ3v) is 2.54. The van der Waals surface area contributed by atoms with E-state index in [1.807, 2.05) is 44.2 Å². The summed E-state index contributed by atoms with van der Waals surface area (Å²) in [6.45, 7) is 5.80. The van der Waals surface area contributed by atoms with Crippen molar-refractivity contribution in [2.24, 2.45) is 0 Å². The Hall–Kier alpha value is -1.55. The van der Waals surface area contributed by atoms with Crippen LogP contribution in [0.15, 0.2) is 30.3 Å². The number of carbonyl (C=O) groups is 1. The first-order valence-corrected chi connectivity index (χ1v) is 6.00. The lowest BCUT2D eigenvalue weighted by molar-refractivity contribution is 0.0583. The van der Waals surface area contributed by atoms with Gasteiger partial charge in [0.25, 0.3) is 0 Å². The number of hydrogen-bond donors (Lipinski definition) is 1. The molecule has 1 rings (SSSR count). The van der Waals surface area contributed by atoms with Crippen molar-refractivity contribution in [2.45, 2.75) is 20.3 Å². The van der Waals surface area contributed by atoms with E-state index in [-0.39, 0.29) is 6.09 Å². The molecule has 0 aliphatic carbocycles. The summed E-state index contributed by atoms with van der Waals surface area (Å²) in [7, 11) is 0. The molecule has 0 atom stereocenters. The number of hydrogen-bond acceptors (Lipinski definition) is 3. The summed E-state index contributed by atoms with van der Waals surface area (Å²) in [5, 5.41) is 0. The summed E-state index contributed by atoms with van der Waals surface area (Å²) < 4.78 is 0. The maximum Gasteiger partial charge on any atom is 0.428 e. The lowest BCUT2D eigenvalue weighted by atomic mass is 10.2. The quantitative estimate of drug-likeness (QED) is 0.608. The molecule has 17 heavy (non-hydrogen) atoms. The highest BCUT2D eigenvalue weighted by Gasteiger charge is 2.09. The van der Waals surface area contributed by atoms with Gasteiger partial charge in [-0.25, -0.2) is 4.79 Å². The maximum absolute atomic E-state index is 11.5. The standard InChI is InChI=1S/C13H20N2O2/c1-3-15(4-2)13(16)17-14-11-10-12-8-6-5-7-9-12/h5-9,14H,3-4,10-11H2,1-2H3. The van der Waals surface area contributed by atoms with Gasteiger partial charge in [-0.1, -0.05) is 30.3 Å². The van der Waals surface area contributed by atoms with E-state index in [1.165, 1.54) is 5.56 Å². The third kappa shape index (κ3) is 4.87. The van der Waals surface area contributed by atoms with Crippen LogP contribution in [0.1, 0.15) is 19.4 Å². The number of rotatable bonds is 6. The molecule has 0 aliphatic heterocycles. The molecule has 1 aromatic carbocycles. The zero-order chi connectivity index (χ0) is 12.5. The van der Waals surface area contributed by atoms with Crippen LogP contribution in [0.2, 0.25) is 0 Å². The van der Waals surface area contributed by atoms with Crippen molar-refractivity contribution in [3.05, 3.63) is 35.9 Å². The number of amides is 1. The summed E-state index contributed by atoms with van der Waals surface area (Å²) in [6, 6.07) is 10.1. The summed E-state index contributed by atoms with van der Waals surface area (Å²) in [4.78, 5) is 18.0. The number of hydroxylamine groups is 1. The molecular formula is C13H20N2O2. The first-order chi connectivity index (χ1) is 8.27. The highest BCUT2D eigenvalue weighted by Crippen LogP contribution is 1.98. The van der Waals surface area contributed by atoms with Gasteiger partial charge in [0.1, 0.15) is 0 Å². The zero-order valence-corrected chi connectivity index (χ0v) is 10.5. The van der Waals surface area contributed by atoms with E-state index in [0.29, 0.717) is 19.6 Å². The SMILES string of the molecule is CCN(CC)C(=O)ONCCc1ccccc1. The van der Waals surface area contributed by atoms with Crippen molar-refractivity contribution in [3.8, 4) is 0 Å². The highest BCUT2D eigenvalue weighted by molar-refractivity contribution is 5.67. The van der Waals surface area contributed by atoms with Crippen LogP contribution in [0.25, 0.3) is 0 Å². The first kappa shape index (κ1) is 13.5. The van der Waals surface area contributed by atoms with Crippen molar-refractivity contribution in [3.63, 3.8) is 0 Å². The Morgan fingerprint density at radius 1 is 1.24 bits per heavy atom. The van der Waals surface area contributed by atoms with Gasteiger partial charge in [0, 0.05) is 19.6 Å². The summed E-state index contributed by atoms with van der Waals surface area (Å²) in [5.41, 5.74) is 3.91. The molecule has 4 heteroatoms. The van der Waals surface area contributed by atoms with Crippen LogP contribution in [-0.4, -0.2) is 30.6 Å². The third-order valence-electron chi connectivity index (χ3n) is 2.54. The van der Waals surface area contributed by atoms with E-state index in [1.54, 1.807) is 4.90 Å². The number of nitrogens with zero attached hydrogens (tertiary/aromatic N) is 1. The van der Waals surface area contributed by atoms with E-state index in [0.717, 1.165) is 6.42 Å². The van der Waals surface area contributed by atoms with Gasteiger partial charge in [-0.3, -0.25) is 0 Å². The smallest absolute Gasteiger partial charge is 0.354 e. The monoisotopic (exact) mass is 236 g/mol. The van der Waals surface area contributed by atoms with Gasteiger partial charge in [-0.05, 0) is 25.8 Å². The summed E-state index contributed by atoms with van der Waals surface area (Å²) >= 11 is 0. The Bertz CT molecular complexity index is 323. The molecule has 0 aliphatic rings. The molecule has 1 aromatic rings. The van der Waals surface area contributed by atoms with Crippen LogP contribution in [0, 0.1) is 0 Å². The fourth-order valence-corrected chi connectivity index (χ4v) is 1.50. The second-order valence-corrected chi connectivity index (χ2v) is 3.67. The Balaban J connectivity index is 2.18. The van der Waals surface area contributed by atoms with Crippen LogP contribution in [-0.2, 0) is 11.3 Å². The molecule has 0 heterocycles. The Morgan fingerprint density at radius 2 is 1.88 bits per heavy atom. The fourth-order valence-electron chi connectivity index (χ4n) is 1.50. The van der Waals surface area contributed by atoms with Crippen LogP contribution >= 0.6 is 0 Å². The molecule has 1 amide bonds. The van der Waals surface area contributed by atoms with Crippen molar-refractivity contribution >= 4 is 6.09 Å². The number of nitrogens with one attached hydrogen (secondary N) is 1. The van der Waals surface area contributed by atoms with Crippen LogP contribution in [0.5, 0.6) is 0 Å². The second-order valence-electron chi connectivity index (χ2n) is 3.67. The van der Waals surface area contributed by atoms with Crippen molar-refractivity contribution in [2.75, 3.05) is 19.6 Å². The summed E-state index contributed by atoms with van der Waals surface area (Å²) in [5.74, 6) is 0. The average Bonchev–Trinajstić information content (AvgIpc) is 2.37. The fraction of sp³-hybridized carbons (Fsp3) is 0.462. The minimum atomic E-state index is -0.317. The van der Waals surface area contributed by atoms with Crippen molar-refractivity contribution < 1.29 is 9.63 Å². The number of carbonyl (C=O) groups excluding carboxylic acids is 1. The van der Waals surface area contributed by atoms with Gasteiger partial charge >= 0.3 is 6.09 Å². The van der Waals surface area contributed by atoms with Crippen LogP contribution in [0.3, 0.4) is 0 Å². The molecule has 0 spiro atoms. The van der Waals surface area contributed by atoms with E-state index in [2.05, 4.69) is 5.48 Å². The minimum absolute atomic E-state index is 0.317. The summed E-state index contributed by atoms with van der Waals surface area (Å²) in [6.07, 6.45) is 0.523. The normalized spacial score (nSPS) is 10.0. The van der Waals surface area contributed by atoms with Crippen LogP contribution < -0.4 is 5.48 Å².